The molecule has 0 aromatic carbocycles. The zero-order valence-corrected chi connectivity index (χ0v) is 55.1. The van der Waals surface area contributed by atoms with E-state index >= 15 is 0 Å². The Hall–Kier alpha value is -1.94. The van der Waals surface area contributed by atoms with E-state index in [1.165, 1.54) is 141 Å². The second-order valence-electron chi connectivity index (χ2n) is 23.4. The number of carbonyl (C=O) groups excluding carboxylic acids is 4. The minimum Gasteiger partial charge on any atom is -0.462 e. The van der Waals surface area contributed by atoms with E-state index < -0.39 is 97.5 Å². The molecule has 0 saturated heterocycles. The lowest BCUT2D eigenvalue weighted by Crippen LogP contribution is -2.30. The summed E-state index contributed by atoms with van der Waals surface area (Å²) < 4.78 is 67.8. The molecule has 0 aliphatic rings. The topological polar surface area (TPSA) is 237 Å². The van der Waals surface area contributed by atoms with E-state index in [0.29, 0.717) is 25.7 Å². The van der Waals surface area contributed by atoms with Gasteiger partial charge >= 0.3 is 39.5 Å². The van der Waals surface area contributed by atoms with Gasteiger partial charge in [-0.25, -0.2) is 9.13 Å². The number of aliphatic hydroxyl groups excluding tert-OH is 1. The van der Waals surface area contributed by atoms with Crippen molar-refractivity contribution in [2.24, 2.45) is 5.92 Å². The maximum Gasteiger partial charge on any atom is 0.472 e. The van der Waals surface area contributed by atoms with Crippen molar-refractivity contribution >= 4 is 39.5 Å². The first-order valence-electron chi connectivity index (χ1n) is 33.7. The summed E-state index contributed by atoms with van der Waals surface area (Å²) in [4.78, 5) is 72.0. The van der Waals surface area contributed by atoms with Crippen LogP contribution in [0.2, 0.25) is 0 Å². The van der Waals surface area contributed by atoms with Gasteiger partial charge in [-0.15, -0.1) is 0 Å². The van der Waals surface area contributed by atoms with Gasteiger partial charge in [-0.3, -0.25) is 37.3 Å². The normalized spacial score (nSPS) is 14.6. The van der Waals surface area contributed by atoms with Gasteiger partial charge in [0, 0.05) is 25.7 Å². The van der Waals surface area contributed by atoms with Crippen molar-refractivity contribution in [1.29, 1.82) is 0 Å². The Morgan fingerprint density at radius 1 is 0.337 bits per heavy atom. The molecule has 19 heteroatoms. The molecule has 3 N–H and O–H groups in total. The predicted molar refractivity (Wildman–Crippen MR) is 331 cm³/mol. The minimum atomic E-state index is -4.94. The van der Waals surface area contributed by atoms with Gasteiger partial charge in [0.15, 0.2) is 12.2 Å². The Morgan fingerprint density at radius 3 is 0.855 bits per heavy atom. The van der Waals surface area contributed by atoms with E-state index in [4.69, 9.17) is 37.0 Å². The van der Waals surface area contributed by atoms with Crippen molar-refractivity contribution in [3.63, 3.8) is 0 Å². The number of aliphatic hydroxyl groups is 1. The third-order valence-electron chi connectivity index (χ3n) is 15.1. The molecule has 6 atom stereocenters. The summed E-state index contributed by atoms with van der Waals surface area (Å²) in [6, 6.07) is 0. The van der Waals surface area contributed by atoms with Crippen molar-refractivity contribution in [2.45, 2.75) is 342 Å². The fraction of sp³-hybridized carbons (Fsp3) is 0.938. The molecule has 0 spiro atoms. The monoisotopic (exact) mass is 1230 g/mol. The average Bonchev–Trinajstić information content (AvgIpc) is 3.46. The second-order valence-corrected chi connectivity index (χ2v) is 26.3. The number of rotatable bonds is 64. The Morgan fingerprint density at radius 2 is 0.578 bits per heavy atom. The van der Waals surface area contributed by atoms with Gasteiger partial charge in [-0.1, -0.05) is 272 Å². The van der Waals surface area contributed by atoms with Crippen molar-refractivity contribution in [3.8, 4) is 0 Å². The molecule has 3 unspecified atom stereocenters. The third-order valence-corrected chi connectivity index (χ3v) is 17.0. The number of esters is 4. The van der Waals surface area contributed by atoms with Crippen LogP contribution >= 0.6 is 15.6 Å². The zero-order chi connectivity index (χ0) is 61.3. The highest BCUT2D eigenvalue weighted by atomic mass is 31.2. The Bertz CT molecular complexity index is 1620. The molecule has 0 saturated carbocycles. The highest BCUT2D eigenvalue weighted by Gasteiger charge is 2.30. The number of carbonyl (C=O) groups is 4. The number of hydrogen-bond acceptors (Lipinski definition) is 15. The third kappa shape index (κ3) is 57.6. The lowest BCUT2D eigenvalue weighted by Gasteiger charge is -2.21. The van der Waals surface area contributed by atoms with Crippen LogP contribution in [0, 0.1) is 5.92 Å². The quantitative estimate of drug-likeness (QED) is 0.0222. The molecule has 0 amide bonds. The molecule has 0 aliphatic heterocycles. The summed E-state index contributed by atoms with van der Waals surface area (Å²) in [5, 5.41) is 10.5. The molecule has 0 aromatic rings. The standard InChI is InChI=1S/C64H124O17P2/c1-6-10-13-16-18-20-22-23-24-25-26-27-29-35-40-45-50-64(69)81-60(54-75-62(67)48-43-38-33-31-30-32-37-41-46-57(5)9-4)56-79-83(72,73)77-52-58(65)51-76-82(70,71)78-55-59(53-74-61(66)47-42-36-15-12-8-3)80-63(68)49-44-39-34-28-21-19-17-14-11-7-2/h57-60,65H,6-56H2,1-5H3,(H,70,71)(H,72,73)/t57?,58-,59+,60+/m0/s1. The number of phosphoric ester groups is 2. The van der Waals surface area contributed by atoms with E-state index in [0.717, 1.165) is 102 Å². The molecule has 0 aromatic heterocycles. The zero-order valence-electron chi connectivity index (χ0n) is 53.3. The summed E-state index contributed by atoms with van der Waals surface area (Å²) >= 11 is 0. The van der Waals surface area contributed by atoms with Crippen LogP contribution in [0.15, 0.2) is 0 Å². The van der Waals surface area contributed by atoms with Crippen LogP contribution in [-0.4, -0.2) is 96.7 Å². The van der Waals surface area contributed by atoms with Gasteiger partial charge < -0.3 is 33.8 Å². The van der Waals surface area contributed by atoms with Crippen LogP contribution in [-0.2, 0) is 65.4 Å². The maximum atomic E-state index is 13.0. The molecular weight excluding hydrogens is 1100 g/mol. The van der Waals surface area contributed by atoms with Gasteiger partial charge in [0.2, 0.25) is 0 Å². The summed E-state index contributed by atoms with van der Waals surface area (Å²) in [7, 11) is -9.88. The van der Waals surface area contributed by atoms with Crippen LogP contribution in [0.3, 0.4) is 0 Å². The second kappa shape index (κ2) is 57.8. The van der Waals surface area contributed by atoms with Crippen LogP contribution in [0.25, 0.3) is 0 Å². The molecule has 0 aliphatic carbocycles. The first-order chi connectivity index (χ1) is 40.1. The van der Waals surface area contributed by atoms with Crippen LogP contribution in [0.5, 0.6) is 0 Å². The van der Waals surface area contributed by atoms with E-state index in [-0.39, 0.29) is 25.7 Å². The fourth-order valence-electron chi connectivity index (χ4n) is 9.55. The van der Waals surface area contributed by atoms with Gasteiger partial charge in [0.25, 0.3) is 0 Å². The van der Waals surface area contributed by atoms with E-state index in [2.05, 4.69) is 34.6 Å². The molecular formula is C64H124O17P2. The van der Waals surface area contributed by atoms with Gasteiger partial charge in [-0.05, 0) is 31.6 Å². The van der Waals surface area contributed by atoms with E-state index in [1.807, 2.05) is 0 Å². The highest BCUT2D eigenvalue weighted by Crippen LogP contribution is 2.45. The Balaban J connectivity index is 5.17. The molecule has 0 radical (unpaired) electrons. The fourth-order valence-corrected chi connectivity index (χ4v) is 11.1. The van der Waals surface area contributed by atoms with Crippen molar-refractivity contribution in [1.82, 2.24) is 0 Å². The molecule has 492 valence electrons. The first kappa shape index (κ1) is 81.1. The number of unbranched alkanes of at least 4 members (excludes halogenated alkanes) is 35. The van der Waals surface area contributed by atoms with Crippen molar-refractivity contribution in [2.75, 3.05) is 39.6 Å². The summed E-state index contributed by atoms with van der Waals surface area (Å²) in [6.45, 7) is 7.11. The van der Waals surface area contributed by atoms with Gasteiger partial charge in [0.1, 0.15) is 19.3 Å². The summed E-state index contributed by atoms with van der Waals surface area (Å²) in [5.41, 5.74) is 0. The Labute approximate surface area is 505 Å². The van der Waals surface area contributed by atoms with E-state index in [1.54, 1.807) is 0 Å². The highest BCUT2D eigenvalue weighted by molar-refractivity contribution is 7.47. The van der Waals surface area contributed by atoms with E-state index in [9.17, 15) is 43.2 Å². The average molecular weight is 1230 g/mol. The molecule has 0 bridgehead atoms. The number of ether oxygens (including phenoxy) is 4. The molecule has 0 rings (SSSR count). The first-order valence-corrected chi connectivity index (χ1v) is 36.7. The SMILES string of the molecule is CCCCCCCCCCCCCCCCCCC(=O)O[C@H](COC(=O)CCCCCCCCCCC(C)CC)COP(=O)(O)OC[C@@H](O)COP(=O)(O)OC[C@@H](COC(=O)CCCCCCC)OC(=O)CCCCCCCCCCCC. The largest absolute Gasteiger partial charge is 0.472 e. The molecule has 0 heterocycles. The van der Waals surface area contributed by atoms with Crippen LogP contribution in [0.4, 0.5) is 0 Å². The van der Waals surface area contributed by atoms with Gasteiger partial charge in [0.05, 0.1) is 26.4 Å². The van der Waals surface area contributed by atoms with Gasteiger partial charge in [-0.2, -0.15) is 0 Å². The van der Waals surface area contributed by atoms with Crippen molar-refractivity contribution < 1.29 is 80.2 Å². The lowest BCUT2D eigenvalue weighted by molar-refractivity contribution is -0.161. The predicted octanol–water partition coefficient (Wildman–Crippen LogP) is 17.8. The molecule has 17 nitrogen and oxygen atoms in total. The van der Waals surface area contributed by atoms with Crippen LogP contribution in [0.1, 0.15) is 324 Å². The minimum absolute atomic E-state index is 0.105. The number of phosphoric acid groups is 2. The Kier molecular flexibility index (Phi) is 56.4. The number of hydrogen-bond donors (Lipinski definition) is 3. The molecule has 83 heavy (non-hydrogen) atoms. The summed E-state index contributed by atoms with van der Waals surface area (Å²) in [5.74, 6) is -1.36. The summed E-state index contributed by atoms with van der Waals surface area (Å²) in [6.07, 6.45) is 42.0. The molecule has 0 fully saturated rings. The van der Waals surface area contributed by atoms with Crippen molar-refractivity contribution in [3.05, 3.63) is 0 Å². The van der Waals surface area contributed by atoms with Crippen LogP contribution < -0.4 is 0 Å². The lowest BCUT2D eigenvalue weighted by atomic mass is 9.99. The maximum absolute atomic E-state index is 13.0. The smallest absolute Gasteiger partial charge is 0.462 e.